The Kier molecular flexibility index (Phi) is 7.45. The maximum absolute atomic E-state index is 12.4. The summed E-state index contributed by atoms with van der Waals surface area (Å²) in [6, 6.07) is 4.76. The van der Waals surface area contributed by atoms with Gasteiger partial charge in [-0.1, -0.05) is 6.92 Å². The van der Waals surface area contributed by atoms with Gasteiger partial charge in [-0.15, -0.1) is 11.6 Å². The van der Waals surface area contributed by atoms with Gasteiger partial charge in [-0.2, -0.15) is 4.31 Å². The van der Waals surface area contributed by atoms with Gasteiger partial charge in [-0.25, -0.2) is 8.42 Å². The van der Waals surface area contributed by atoms with Crippen LogP contribution in [0, 0.1) is 0 Å². The lowest BCUT2D eigenvalue weighted by molar-refractivity contribution is 0.185. The number of halogens is 1. The molecular weight excluding hydrogens is 314 g/mol. The van der Waals surface area contributed by atoms with Gasteiger partial charge in [0.05, 0.1) is 24.0 Å². The van der Waals surface area contributed by atoms with E-state index in [1.165, 1.54) is 18.5 Å². The minimum absolute atomic E-state index is 0.199. The fraction of sp³-hybridized carbons (Fsp3) is 0.571. The van der Waals surface area contributed by atoms with Crippen molar-refractivity contribution >= 4 is 21.6 Å². The number of alkyl halides is 1. The maximum atomic E-state index is 12.4. The minimum Gasteiger partial charge on any atom is -0.493 e. The van der Waals surface area contributed by atoms with Crippen LogP contribution in [0.4, 0.5) is 0 Å². The van der Waals surface area contributed by atoms with Crippen molar-refractivity contribution in [2.24, 2.45) is 0 Å². The summed E-state index contributed by atoms with van der Waals surface area (Å²) in [6.07, 6.45) is 0.877. The van der Waals surface area contributed by atoms with E-state index in [0.29, 0.717) is 31.1 Å². The van der Waals surface area contributed by atoms with Crippen LogP contribution in [-0.2, 0) is 20.6 Å². The average molecular weight is 336 g/mol. The molecule has 0 saturated carbocycles. The summed E-state index contributed by atoms with van der Waals surface area (Å²) in [5.74, 6) is 0.829. The molecule has 0 bridgehead atoms. The Hall–Kier alpha value is -0.820. The molecule has 1 aromatic carbocycles. The highest BCUT2D eigenvalue weighted by Gasteiger charge is 2.21. The molecule has 0 aliphatic rings. The van der Waals surface area contributed by atoms with Crippen molar-refractivity contribution in [1.82, 2.24) is 4.31 Å². The number of hydrogen-bond acceptors (Lipinski definition) is 4. The molecule has 7 heteroatoms. The first-order chi connectivity index (χ1) is 9.97. The molecule has 21 heavy (non-hydrogen) atoms. The van der Waals surface area contributed by atoms with Crippen LogP contribution in [0.25, 0.3) is 0 Å². The number of benzene rings is 1. The molecule has 1 rings (SSSR count). The fourth-order valence-corrected chi connectivity index (χ4v) is 3.11. The van der Waals surface area contributed by atoms with Crippen LogP contribution >= 0.6 is 11.6 Å². The largest absolute Gasteiger partial charge is 0.493 e. The third-order valence-corrected chi connectivity index (χ3v) is 5.10. The summed E-state index contributed by atoms with van der Waals surface area (Å²) < 4.78 is 36.6. The maximum Gasteiger partial charge on any atom is 0.242 e. The second-order valence-corrected chi connectivity index (χ2v) is 6.88. The van der Waals surface area contributed by atoms with Crippen LogP contribution in [0.3, 0.4) is 0 Å². The Morgan fingerprint density at radius 1 is 1.29 bits per heavy atom. The second-order valence-electron chi connectivity index (χ2n) is 4.57. The molecule has 0 aliphatic carbocycles. The van der Waals surface area contributed by atoms with Gasteiger partial charge < -0.3 is 9.47 Å². The number of likely N-dealkylation sites (N-methyl/N-ethyl adjacent to an activating group) is 1. The van der Waals surface area contributed by atoms with E-state index in [4.69, 9.17) is 21.1 Å². The topological polar surface area (TPSA) is 55.8 Å². The van der Waals surface area contributed by atoms with E-state index in [9.17, 15) is 8.42 Å². The zero-order valence-corrected chi connectivity index (χ0v) is 14.2. The molecule has 120 valence electrons. The minimum atomic E-state index is -3.54. The first-order valence-electron chi connectivity index (χ1n) is 6.74. The van der Waals surface area contributed by atoms with E-state index in [-0.39, 0.29) is 10.8 Å². The average Bonchev–Trinajstić information content (AvgIpc) is 2.50. The Balaban J connectivity index is 3.02. The van der Waals surface area contributed by atoms with Crippen LogP contribution in [0.1, 0.15) is 18.9 Å². The number of ether oxygens (including phenoxy) is 2. The lowest BCUT2D eigenvalue weighted by Crippen LogP contribution is -2.30. The molecule has 0 unspecified atom stereocenters. The number of hydrogen-bond donors (Lipinski definition) is 0. The van der Waals surface area contributed by atoms with Gasteiger partial charge in [0.1, 0.15) is 5.75 Å². The third kappa shape index (κ3) is 4.85. The Morgan fingerprint density at radius 2 is 2.00 bits per heavy atom. The molecule has 0 radical (unpaired) electrons. The molecule has 0 aromatic heterocycles. The van der Waals surface area contributed by atoms with Crippen LogP contribution in [0.15, 0.2) is 23.1 Å². The van der Waals surface area contributed by atoms with Crippen molar-refractivity contribution in [2.45, 2.75) is 24.1 Å². The lowest BCUT2D eigenvalue weighted by atomic mass is 10.2. The summed E-state index contributed by atoms with van der Waals surface area (Å²) in [6.45, 7) is 3.21. The van der Waals surface area contributed by atoms with Gasteiger partial charge in [-0.3, -0.25) is 0 Å². The predicted octanol–water partition coefficient (Wildman–Crippen LogP) is 2.48. The summed E-state index contributed by atoms with van der Waals surface area (Å²) >= 11 is 5.89. The smallest absolute Gasteiger partial charge is 0.242 e. The molecule has 0 saturated heterocycles. The van der Waals surface area contributed by atoms with Gasteiger partial charge in [0.15, 0.2) is 0 Å². The van der Waals surface area contributed by atoms with Crippen molar-refractivity contribution in [3.63, 3.8) is 0 Å². The molecule has 0 heterocycles. The van der Waals surface area contributed by atoms with Crippen molar-refractivity contribution in [2.75, 3.05) is 33.9 Å². The molecule has 0 amide bonds. The van der Waals surface area contributed by atoms with Crippen molar-refractivity contribution in [3.05, 3.63) is 23.8 Å². The summed E-state index contributed by atoms with van der Waals surface area (Å²) in [7, 11) is -0.484. The van der Waals surface area contributed by atoms with Gasteiger partial charge >= 0.3 is 0 Å². The van der Waals surface area contributed by atoms with Crippen LogP contribution in [-0.4, -0.2) is 46.6 Å². The van der Waals surface area contributed by atoms with E-state index in [0.717, 1.165) is 6.42 Å². The standard InChI is InChI=1S/C14H22ClNO4S/c1-4-8-20-14-6-5-13(10-12(14)11-15)21(17,18)16(2)7-9-19-3/h5-6,10H,4,7-9,11H2,1-3H3. The van der Waals surface area contributed by atoms with Crippen LogP contribution in [0.5, 0.6) is 5.75 Å². The normalized spacial score (nSPS) is 11.9. The Labute approximate surface area is 131 Å². The molecule has 0 atom stereocenters. The van der Waals surface area contributed by atoms with E-state index in [2.05, 4.69) is 0 Å². The highest BCUT2D eigenvalue weighted by Crippen LogP contribution is 2.25. The van der Waals surface area contributed by atoms with E-state index in [1.54, 1.807) is 18.2 Å². The fourth-order valence-electron chi connectivity index (χ4n) is 1.69. The number of methoxy groups -OCH3 is 1. The second kappa shape index (κ2) is 8.58. The number of sulfonamides is 1. The molecule has 0 fully saturated rings. The zero-order valence-electron chi connectivity index (χ0n) is 12.6. The highest BCUT2D eigenvalue weighted by molar-refractivity contribution is 7.89. The summed E-state index contributed by atoms with van der Waals surface area (Å²) in [5.41, 5.74) is 0.673. The molecule has 1 aromatic rings. The molecular formula is C14H22ClNO4S. The molecule has 5 nitrogen and oxygen atoms in total. The summed E-state index contributed by atoms with van der Waals surface area (Å²) in [5, 5.41) is 0. The SMILES string of the molecule is CCCOc1ccc(S(=O)(=O)N(C)CCOC)cc1CCl. The van der Waals surface area contributed by atoms with E-state index < -0.39 is 10.0 Å². The van der Waals surface area contributed by atoms with Gasteiger partial charge in [0.2, 0.25) is 10.0 Å². The van der Waals surface area contributed by atoms with Crippen LogP contribution < -0.4 is 4.74 Å². The number of nitrogens with zero attached hydrogens (tertiary/aromatic N) is 1. The number of rotatable bonds is 9. The summed E-state index contributed by atoms with van der Waals surface area (Å²) in [4.78, 5) is 0.209. The quantitative estimate of drug-likeness (QED) is 0.651. The first-order valence-corrected chi connectivity index (χ1v) is 8.71. The van der Waals surface area contributed by atoms with Gasteiger partial charge in [-0.05, 0) is 24.6 Å². The van der Waals surface area contributed by atoms with E-state index in [1.807, 2.05) is 6.92 Å². The van der Waals surface area contributed by atoms with E-state index >= 15 is 0 Å². The monoisotopic (exact) mass is 335 g/mol. The van der Waals surface area contributed by atoms with Crippen molar-refractivity contribution < 1.29 is 17.9 Å². The zero-order chi connectivity index (χ0) is 15.9. The Morgan fingerprint density at radius 3 is 2.57 bits per heavy atom. The molecule has 0 N–H and O–H groups in total. The van der Waals surface area contributed by atoms with Crippen molar-refractivity contribution in [1.29, 1.82) is 0 Å². The predicted molar refractivity (Wildman–Crippen MR) is 83.5 cm³/mol. The molecule has 0 aliphatic heterocycles. The Bertz CT molecular complexity index is 548. The van der Waals surface area contributed by atoms with Crippen molar-refractivity contribution in [3.8, 4) is 5.75 Å². The molecule has 0 spiro atoms. The van der Waals surface area contributed by atoms with Gasteiger partial charge in [0, 0.05) is 26.3 Å². The third-order valence-electron chi connectivity index (χ3n) is 2.96. The highest BCUT2D eigenvalue weighted by atomic mass is 35.5. The van der Waals surface area contributed by atoms with Crippen LogP contribution in [0.2, 0.25) is 0 Å². The lowest BCUT2D eigenvalue weighted by Gasteiger charge is -2.18. The van der Waals surface area contributed by atoms with Gasteiger partial charge in [0.25, 0.3) is 0 Å². The first kappa shape index (κ1) is 18.2.